The first-order chi connectivity index (χ1) is 13.8. The van der Waals surface area contributed by atoms with Crippen molar-refractivity contribution in [3.05, 3.63) is 23.3 Å². The molecule has 0 aromatic carbocycles. The van der Waals surface area contributed by atoms with E-state index in [1.54, 1.807) is 0 Å². The van der Waals surface area contributed by atoms with Crippen molar-refractivity contribution < 1.29 is 0 Å². The maximum absolute atomic E-state index is 2.82. The monoisotopic (exact) mass is 452 g/mol. The lowest BCUT2D eigenvalue weighted by atomic mass is 9.75. The maximum Gasteiger partial charge on any atom is 0.114 e. The van der Waals surface area contributed by atoms with E-state index in [9.17, 15) is 0 Å². The molecule has 28 heavy (non-hydrogen) atoms. The number of rotatable bonds is 2. The molecule has 3 saturated carbocycles. The van der Waals surface area contributed by atoms with Crippen LogP contribution in [0.15, 0.2) is 23.3 Å². The van der Waals surface area contributed by atoms with E-state index in [2.05, 4.69) is 59.2 Å². The molecule has 0 nitrogen and oxygen atoms in total. The molecule has 0 aromatic heterocycles. The molecule has 5 rings (SSSR count). The van der Waals surface area contributed by atoms with Crippen LogP contribution in [0.4, 0.5) is 0 Å². The molecule has 2 saturated heterocycles. The van der Waals surface area contributed by atoms with Gasteiger partial charge in [-0.15, -0.1) is 47.0 Å². The van der Waals surface area contributed by atoms with Crippen molar-refractivity contribution in [2.24, 2.45) is 11.8 Å². The van der Waals surface area contributed by atoms with Gasteiger partial charge in [0.25, 0.3) is 0 Å². The Morgan fingerprint density at radius 2 is 0.857 bits per heavy atom. The minimum Gasteiger partial charge on any atom is -0.137 e. The Morgan fingerprint density at radius 3 is 1.21 bits per heavy atom. The molecule has 0 aromatic rings. The van der Waals surface area contributed by atoms with Gasteiger partial charge in [0.1, 0.15) is 8.16 Å². The average Bonchev–Trinajstić information content (AvgIpc) is 2.79. The number of hydrogen-bond donors (Lipinski definition) is 0. The Morgan fingerprint density at radius 1 is 0.500 bits per heavy atom. The second-order valence-electron chi connectivity index (χ2n) is 9.29. The van der Waals surface area contributed by atoms with Gasteiger partial charge in [-0.05, 0) is 84.5 Å². The minimum absolute atomic E-state index is 0.360. The fourth-order valence-corrected chi connectivity index (χ4v) is 14.2. The van der Waals surface area contributed by atoms with Gasteiger partial charge in [0.15, 0.2) is 0 Å². The summed E-state index contributed by atoms with van der Waals surface area (Å²) in [5, 5.41) is 0. The van der Waals surface area contributed by atoms with E-state index in [1.807, 2.05) is 11.1 Å². The molecule has 0 unspecified atom stereocenters. The van der Waals surface area contributed by atoms with Crippen molar-refractivity contribution in [3.8, 4) is 0 Å². The van der Waals surface area contributed by atoms with Crippen LogP contribution in [0.1, 0.15) is 77.0 Å². The van der Waals surface area contributed by atoms with Crippen molar-refractivity contribution in [2.45, 2.75) is 85.2 Å². The van der Waals surface area contributed by atoms with Gasteiger partial charge in [0, 0.05) is 0 Å². The van der Waals surface area contributed by atoms with Crippen LogP contribution in [-0.4, -0.2) is 31.2 Å². The van der Waals surface area contributed by atoms with Crippen LogP contribution in [0.2, 0.25) is 0 Å². The highest BCUT2D eigenvalue weighted by Crippen LogP contribution is 2.76. The summed E-state index contributed by atoms with van der Waals surface area (Å²) in [6, 6.07) is 0. The second-order valence-corrected chi connectivity index (χ2v) is 15.0. The molecular formula is C24H36S4. The molecular weight excluding hydrogens is 417 g/mol. The molecule has 156 valence electrons. The van der Waals surface area contributed by atoms with Crippen molar-refractivity contribution in [1.29, 1.82) is 0 Å². The Hall–Kier alpha value is 0.880. The fraction of sp³-hybridized carbons (Fsp3) is 0.833. The molecule has 0 radical (unpaired) electrons. The number of thioether (sulfide) groups is 4. The first-order valence-electron chi connectivity index (χ1n) is 11.8. The molecule has 0 amide bonds. The summed E-state index contributed by atoms with van der Waals surface area (Å²) in [7, 11) is 0. The normalized spacial score (nSPS) is 34.1. The predicted octanol–water partition coefficient (Wildman–Crippen LogP) is 8.15. The second kappa shape index (κ2) is 9.17. The summed E-state index contributed by atoms with van der Waals surface area (Å²) in [5.41, 5.74) is 3.61. The summed E-state index contributed by atoms with van der Waals surface area (Å²) in [6.45, 7) is 0. The molecule has 4 heteroatoms. The lowest BCUT2D eigenvalue weighted by molar-refractivity contribution is 0.411. The van der Waals surface area contributed by atoms with Crippen LogP contribution >= 0.6 is 47.0 Å². The topological polar surface area (TPSA) is 0 Å². The molecule has 0 bridgehead atoms. The lowest BCUT2D eigenvalue weighted by Crippen LogP contribution is -2.61. The van der Waals surface area contributed by atoms with Gasteiger partial charge in [-0.1, -0.05) is 50.7 Å². The van der Waals surface area contributed by atoms with E-state index in [0.29, 0.717) is 8.16 Å². The Labute approximate surface area is 189 Å². The standard InChI is InChI=1S/C24H36S4/c1-3-9-19(10-4-1)17-21-22(18-20-11-5-2-6-12-20)24(27-15-8-16-28-24)23(21)25-13-7-14-26-23/h17-20H,1-16H2/b21-17-,22-18-. The highest BCUT2D eigenvalue weighted by Gasteiger charge is 2.68. The SMILES string of the molecule is C(=C1\C(=C\C2CCCCC2)C2(SCCCS2)C12SCCCS2)/C1CCCCC1. The van der Waals surface area contributed by atoms with Crippen molar-refractivity contribution in [2.75, 3.05) is 23.0 Å². The van der Waals surface area contributed by atoms with Crippen LogP contribution in [0.25, 0.3) is 0 Å². The van der Waals surface area contributed by atoms with Crippen LogP contribution in [0.5, 0.6) is 0 Å². The van der Waals surface area contributed by atoms with E-state index in [0.717, 1.165) is 11.8 Å². The van der Waals surface area contributed by atoms with Crippen molar-refractivity contribution in [3.63, 3.8) is 0 Å². The Bertz CT molecular complexity index is 544. The van der Waals surface area contributed by atoms with Crippen molar-refractivity contribution >= 4 is 47.0 Å². The van der Waals surface area contributed by atoms with E-state index >= 15 is 0 Å². The minimum atomic E-state index is 0.360. The molecule has 2 spiro atoms. The highest BCUT2D eigenvalue weighted by molar-refractivity contribution is 8.26. The average molecular weight is 453 g/mol. The first-order valence-corrected chi connectivity index (χ1v) is 15.8. The van der Waals surface area contributed by atoms with Gasteiger partial charge in [0.05, 0.1) is 0 Å². The third kappa shape index (κ3) is 3.69. The Kier molecular flexibility index (Phi) is 6.80. The largest absolute Gasteiger partial charge is 0.137 e. The van der Waals surface area contributed by atoms with Gasteiger partial charge in [-0.2, -0.15) is 0 Å². The number of allylic oxidation sites excluding steroid dienone is 2. The summed E-state index contributed by atoms with van der Waals surface area (Å²) in [6.07, 6.45) is 23.0. The summed E-state index contributed by atoms with van der Waals surface area (Å²) < 4.78 is 0.720. The smallest absolute Gasteiger partial charge is 0.114 e. The lowest BCUT2D eigenvalue weighted by Gasteiger charge is -2.64. The zero-order valence-electron chi connectivity index (χ0n) is 17.3. The van der Waals surface area contributed by atoms with Crippen LogP contribution in [-0.2, 0) is 0 Å². The molecule has 2 heterocycles. The van der Waals surface area contributed by atoms with Gasteiger partial charge >= 0.3 is 0 Å². The van der Waals surface area contributed by atoms with Crippen LogP contribution in [0.3, 0.4) is 0 Å². The first kappa shape index (κ1) is 20.8. The highest BCUT2D eigenvalue weighted by atomic mass is 32.2. The Balaban J connectivity index is 1.53. The van der Waals surface area contributed by atoms with Gasteiger partial charge in [-0.3, -0.25) is 0 Å². The number of hydrogen-bond acceptors (Lipinski definition) is 4. The van der Waals surface area contributed by atoms with E-state index in [-0.39, 0.29) is 0 Å². The third-order valence-electron chi connectivity index (χ3n) is 7.34. The predicted molar refractivity (Wildman–Crippen MR) is 134 cm³/mol. The van der Waals surface area contributed by atoms with Crippen LogP contribution < -0.4 is 0 Å². The van der Waals surface area contributed by atoms with Crippen LogP contribution in [0, 0.1) is 11.8 Å². The summed E-state index contributed by atoms with van der Waals surface area (Å²) in [4.78, 5) is 0. The third-order valence-corrected chi connectivity index (χ3v) is 15.0. The molecule has 5 fully saturated rings. The van der Waals surface area contributed by atoms with Gasteiger partial charge < -0.3 is 0 Å². The molecule has 0 atom stereocenters. The molecule has 0 N–H and O–H groups in total. The summed E-state index contributed by atoms with van der Waals surface area (Å²) >= 11 is 9.33. The fourth-order valence-electron chi connectivity index (χ4n) is 5.87. The molecule has 5 aliphatic rings. The van der Waals surface area contributed by atoms with Gasteiger partial charge in [0.2, 0.25) is 0 Å². The quantitative estimate of drug-likeness (QED) is 0.414. The van der Waals surface area contributed by atoms with Crippen molar-refractivity contribution in [1.82, 2.24) is 0 Å². The summed E-state index contributed by atoms with van der Waals surface area (Å²) in [5.74, 6) is 7.19. The molecule has 2 aliphatic heterocycles. The zero-order valence-corrected chi connectivity index (χ0v) is 20.5. The number of fused-ring (bicyclic) bond motifs is 1. The maximum atomic E-state index is 2.82. The van der Waals surface area contributed by atoms with E-state index in [4.69, 9.17) is 0 Å². The van der Waals surface area contributed by atoms with E-state index < -0.39 is 0 Å². The van der Waals surface area contributed by atoms with E-state index in [1.165, 1.54) is 100 Å². The zero-order chi connectivity index (χ0) is 18.9. The molecule has 3 aliphatic carbocycles. The van der Waals surface area contributed by atoms with Gasteiger partial charge in [-0.25, -0.2) is 0 Å².